The Balaban J connectivity index is 1.65. The first kappa shape index (κ1) is 17.2. The number of carbonyl (C=O) groups excluding carboxylic acids is 2. The summed E-state index contributed by atoms with van der Waals surface area (Å²) in [5.74, 6) is 0.0833. The van der Waals surface area contributed by atoms with Crippen LogP contribution in [0.25, 0.3) is 11.1 Å². The Hall–Kier alpha value is -2.62. The number of hydrogen-bond donors (Lipinski definition) is 0. The van der Waals surface area contributed by atoms with Gasteiger partial charge in [0.1, 0.15) is 0 Å². The third-order valence-electron chi connectivity index (χ3n) is 4.69. The maximum atomic E-state index is 12.5. The van der Waals surface area contributed by atoms with Crippen LogP contribution < -0.4 is 0 Å². The first-order valence-corrected chi connectivity index (χ1v) is 8.74. The molecule has 1 fully saturated rings. The molecule has 0 spiro atoms. The van der Waals surface area contributed by atoms with Crippen LogP contribution in [0.4, 0.5) is 0 Å². The number of piperidine rings is 1. The maximum Gasteiger partial charge on any atom is 0.339 e. The second-order valence-corrected chi connectivity index (χ2v) is 6.55. The molecule has 2 aromatic rings. The van der Waals surface area contributed by atoms with Crippen molar-refractivity contribution in [1.29, 1.82) is 0 Å². The first-order chi connectivity index (χ1) is 12.1. The van der Waals surface area contributed by atoms with E-state index >= 15 is 0 Å². The van der Waals surface area contributed by atoms with Crippen molar-refractivity contribution in [2.24, 2.45) is 5.92 Å². The van der Waals surface area contributed by atoms with E-state index < -0.39 is 5.97 Å². The summed E-state index contributed by atoms with van der Waals surface area (Å²) in [6, 6.07) is 17.0. The lowest BCUT2D eigenvalue weighted by Crippen LogP contribution is -2.40. The molecule has 0 N–H and O–H groups in total. The Kier molecular flexibility index (Phi) is 5.49. The monoisotopic (exact) mass is 337 g/mol. The maximum absolute atomic E-state index is 12.5. The molecule has 3 rings (SSSR count). The molecule has 25 heavy (non-hydrogen) atoms. The highest BCUT2D eigenvalue weighted by Gasteiger charge is 2.22. The van der Waals surface area contributed by atoms with E-state index in [1.54, 1.807) is 17.0 Å². The second-order valence-electron chi connectivity index (χ2n) is 6.55. The Morgan fingerprint density at radius 1 is 1.00 bits per heavy atom. The summed E-state index contributed by atoms with van der Waals surface area (Å²) in [7, 11) is 0. The topological polar surface area (TPSA) is 46.6 Å². The molecule has 2 aromatic carbocycles. The number of benzene rings is 2. The zero-order chi connectivity index (χ0) is 17.6. The summed E-state index contributed by atoms with van der Waals surface area (Å²) >= 11 is 0. The van der Waals surface area contributed by atoms with Gasteiger partial charge in [0.05, 0.1) is 5.56 Å². The van der Waals surface area contributed by atoms with Gasteiger partial charge in [-0.3, -0.25) is 4.79 Å². The van der Waals surface area contributed by atoms with Gasteiger partial charge in [0.25, 0.3) is 5.91 Å². The molecule has 4 nitrogen and oxygen atoms in total. The minimum atomic E-state index is -0.460. The van der Waals surface area contributed by atoms with Crippen molar-refractivity contribution in [2.75, 3.05) is 19.7 Å². The second kappa shape index (κ2) is 7.97. The lowest BCUT2D eigenvalue weighted by atomic mass is 9.99. The number of carbonyl (C=O) groups is 2. The van der Waals surface area contributed by atoms with Crippen molar-refractivity contribution < 1.29 is 14.3 Å². The standard InChI is InChI=1S/C21H23NO3/c1-16-11-13-22(14-12-16)20(23)15-25-21(24)19-10-6-5-9-18(19)17-7-3-2-4-8-17/h2-10,16H,11-15H2,1H3. The van der Waals surface area contributed by atoms with Crippen LogP contribution in [0.1, 0.15) is 30.1 Å². The number of nitrogens with zero attached hydrogens (tertiary/aromatic N) is 1. The third-order valence-corrected chi connectivity index (χ3v) is 4.69. The predicted octanol–water partition coefficient (Wildman–Crippen LogP) is 3.77. The fraction of sp³-hybridized carbons (Fsp3) is 0.333. The average molecular weight is 337 g/mol. The number of likely N-dealkylation sites (tertiary alicyclic amines) is 1. The molecule has 130 valence electrons. The molecule has 0 aromatic heterocycles. The lowest BCUT2D eigenvalue weighted by molar-refractivity contribution is -0.135. The fourth-order valence-electron chi connectivity index (χ4n) is 3.08. The van der Waals surface area contributed by atoms with Crippen molar-refractivity contribution in [3.63, 3.8) is 0 Å². The van der Waals surface area contributed by atoms with Gasteiger partial charge in [-0.25, -0.2) is 4.79 Å². The molecule has 4 heteroatoms. The smallest absolute Gasteiger partial charge is 0.339 e. The predicted molar refractivity (Wildman–Crippen MR) is 97.1 cm³/mol. The number of hydrogen-bond acceptors (Lipinski definition) is 3. The van der Waals surface area contributed by atoms with Crippen molar-refractivity contribution >= 4 is 11.9 Å². The molecule has 0 bridgehead atoms. The molecule has 0 saturated carbocycles. The average Bonchev–Trinajstić information content (AvgIpc) is 2.67. The summed E-state index contributed by atoms with van der Waals surface area (Å²) in [6.45, 7) is 3.50. The highest BCUT2D eigenvalue weighted by Crippen LogP contribution is 2.24. The third kappa shape index (κ3) is 4.27. The quantitative estimate of drug-likeness (QED) is 0.798. The van der Waals surface area contributed by atoms with E-state index in [0.717, 1.165) is 37.1 Å². The van der Waals surface area contributed by atoms with Crippen LogP contribution in [0.15, 0.2) is 54.6 Å². The summed E-state index contributed by atoms with van der Waals surface area (Å²) in [6.07, 6.45) is 2.02. The van der Waals surface area contributed by atoms with E-state index in [1.807, 2.05) is 42.5 Å². The molecular formula is C21H23NO3. The van der Waals surface area contributed by atoms with Gasteiger partial charge >= 0.3 is 5.97 Å². The Bertz CT molecular complexity index is 734. The summed E-state index contributed by atoms with van der Waals surface area (Å²) in [5, 5.41) is 0. The van der Waals surface area contributed by atoms with E-state index in [4.69, 9.17) is 4.74 Å². The van der Waals surface area contributed by atoms with E-state index in [1.165, 1.54) is 0 Å². The van der Waals surface area contributed by atoms with Gasteiger partial charge in [0.15, 0.2) is 6.61 Å². The molecule has 0 radical (unpaired) electrons. The van der Waals surface area contributed by atoms with Crippen molar-refractivity contribution in [2.45, 2.75) is 19.8 Å². The summed E-state index contributed by atoms with van der Waals surface area (Å²) in [5.41, 5.74) is 2.24. The van der Waals surface area contributed by atoms with Gasteiger partial charge in [-0.05, 0) is 36.0 Å². The van der Waals surface area contributed by atoms with E-state index in [-0.39, 0.29) is 12.5 Å². The minimum Gasteiger partial charge on any atom is -0.452 e. The Morgan fingerprint density at radius 3 is 2.36 bits per heavy atom. The van der Waals surface area contributed by atoms with E-state index in [2.05, 4.69) is 6.92 Å². The number of ether oxygens (including phenoxy) is 1. The van der Waals surface area contributed by atoms with Crippen molar-refractivity contribution in [3.05, 3.63) is 60.2 Å². The van der Waals surface area contributed by atoms with Crippen LogP contribution in [0.5, 0.6) is 0 Å². The summed E-state index contributed by atoms with van der Waals surface area (Å²) < 4.78 is 5.30. The zero-order valence-corrected chi connectivity index (χ0v) is 14.5. The SMILES string of the molecule is CC1CCN(C(=O)COC(=O)c2ccccc2-c2ccccc2)CC1. The van der Waals surface area contributed by atoms with Crippen LogP contribution in [-0.2, 0) is 9.53 Å². The number of rotatable bonds is 4. The highest BCUT2D eigenvalue weighted by molar-refractivity contribution is 5.98. The lowest BCUT2D eigenvalue weighted by Gasteiger charge is -2.30. The summed E-state index contributed by atoms with van der Waals surface area (Å²) in [4.78, 5) is 26.5. The molecular weight excluding hydrogens is 314 g/mol. The van der Waals surface area contributed by atoms with E-state index in [0.29, 0.717) is 11.5 Å². The zero-order valence-electron chi connectivity index (χ0n) is 14.5. The molecule has 1 aliphatic heterocycles. The Morgan fingerprint density at radius 2 is 1.64 bits per heavy atom. The van der Waals surface area contributed by atoms with Crippen LogP contribution in [0.3, 0.4) is 0 Å². The normalized spacial score (nSPS) is 15.0. The molecule has 0 atom stereocenters. The molecule has 0 aliphatic carbocycles. The molecule has 1 aliphatic rings. The van der Waals surface area contributed by atoms with Crippen LogP contribution in [-0.4, -0.2) is 36.5 Å². The molecule has 1 saturated heterocycles. The highest BCUT2D eigenvalue weighted by atomic mass is 16.5. The van der Waals surface area contributed by atoms with Gasteiger partial charge in [0.2, 0.25) is 0 Å². The van der Waals surface area contributed by atoms with Gasteiger partial charge in [-0.15, -0.1) is 0 Å². The number of esters is 1. The van der Waals surface area contributed by atoms with Crippen LogP contribution in [0, 0.1) is 5.92 Å². The van der Waals surface area contributed by atoms with Gasteiger partial charge < -0.3 is 9.64 Å². The van der Waals surface area contributed by atoms with Crippen molar-refractivity contribution in [3.8, 4) is 11.1 Å². The van der Waals surface area contributed by atoms with E-state index in [9.17, 15) is 9.59 Å². The van der Waals surface area contributed by atoms with Gasteiger partial charge in [-0.1, -0.05) is 55.5 Å². The van der Waals surface area contributed by atoms with Gasteiger partial charge in [-0.2, -0.15) is 0 Å². The molecule has 1 heterocycles. The number of amides is 1. The van der Waals surface area contributed by atoms with Gasteiger partial charge in [0, 0.05) is 13.1 Å². The van der Waals surface area contributed by atoms with Crippen LogP contribution in [0.2, 0.25) is 0 Å². The minimum absolute atomic E-state index is 0.113. The van der Waals surface area contributed by atoms with Crippen molar-refractivity contribution in [1.82, 2.24) is 4.90 Å². The molecule has 1 amide bonds. The Labute approximate surface area is 148 Å². The fourth-order valence-corrected chi connectivity index (χ4v) is 3.08. The first-order valence-electron chi connectivity index (χ1n) is 8.74. The van der Waals surface area contributed by atoms with Crippen LogP contribution >= 0.6 is 0 Å². The molecule has 0 unspecified atom stereocenters. The largest absolute Gasteiger partial charge is 0.452 e.